The zero-order chi connectivity index (χ0) is 32.8. The number of carbonyl (C=O) groups is 2. The number of aromatic amines is 1. The van der Waals surface area contributed by atoms with Crippen LogP contribution in [-0.4, -0.2) is 98.0 Å². The van der Waals surface area contributed by atoms with Crippen LogP contribution in [0.2, 0.25) is 0 Å². The molecule has 0 amide bonds. The molecule has 2 aliphatic rings. The van der Waals surface area contributed by atoms with Crippen LogP contribution in [0.1, 0.15) is 53.5 Å². The molecule has 2 aromatic rings. The van der Waals surface area contributed by atoms with Crippen molar-refractivity contribution >= 4 is 36.7 Å². The van der Waals surface area contributed by atoms with Crippen LogP contribution in [0, 0.1) is 11.8 Å². The Morgan fingerprint density at radius 2 is 1.70 bits per heavy atom. The number of carbonyl (C=O) groups excluding carboxylic acids is 2. The molecular weight excluding hydrogens is 601 g/mol. The van der Waals surface area contributed by atoms with Crippen LogP contribution in [0.15, 0.2) is 11.1 Å². The first-order chi connectivity index (χ1) is 20.5. The number of esters is 2. The standard InChI is InChI=1S/C26H42N7O10P/c1-12(2)8-14(21(36)40-6)31-44(39,32-15(9-13(3)4)22(37)41-7)42-10-16-18(34)26(38)23(25(26,5)43-16)33-11-28-17-19(33)29-24(27)30-20(17)35/h11-16,18,23,34,38H,8-10H2,1-7H3,(H2,31,32,39)(H3,27,29,30,35)/t14?,15?,16-,18?,23-,25?,26?,44?/m1/s1. The van der Waals surface area contributed by atoms with Gasteiger partial charge in [-0.15, -0.1) is 0 Å². The largest absolute Gasteiger partial charge is 0.468 e. The Kier molecular flexibility index (Phi) is 9.62. The highest BCUT2D eigenvalue weighted by atomic mass is 31.2. The number of rotatable bonds is 14. The first-order valence-corrected chi connectivity index (χ1v) is 15.9. The number of hydrogen-bond acceptors (Lipinski definition) is 13. The molecule has 4 rings (SSSR count). The molecule has 1 aliphatic heterocycles. The first-order valence-electron chi connectivity index (χ1n) is 14.3. The summed E-state index contributed by atoms with van der Waals surface area (Å²) in [5.74, 6) is -1.55. The molecule has 7 atom stereocenters. The average Bonchev–Trinajstić information content (AvgIpc) is 3.15. The molecular formula is C26H42N7O10P. The number of ether oxygens (including phenoxy) is 3. The molecule has 0 spiro atoms. The number of H-pyrrole nitrogens is 1. The van der Waals surface area contributed by atoms with Crippen LogP contribution in [0.5, 0.6) is 0 Å². The third-order valence-electron chi connectivity index (χ3n) is 8.04. The van der Waals surface area contributed by atoms with E-state index >= 15 is 0 Å². The lowest BCUT2D eigenvalue weighted by atomic mass is 10.1. The molecule has 5 unspecified atom stereocenters. The molecule has 18 heteroatoms. The second kappa shape index (κ2) is 12.5. The van der Waals surface area contributed by atoms with Gasteiger partial charge in [-0.25, -0.2) is 15.2 Å². The number of nitrogens with one attached hydrogen (secondary N) is 3. The van der Waals surface area contributed by atoms with Crippen LogP contribution < -0.4 is 21.5 Å². The molecule has 0 aromatic carbocycles. The molecule has 0 radical (unpaired) electrons. The van der Waals surface area contributed by atoms with Crippen LogP contribution in [0.4, 0.5) is 5.95 Å². The number of methoxy groups -OCH3 is 2. The van der Waals surface area contributed by atoms with Crippen LogP contribution in [0.25, 0.3) is 11.2 Å². The van der Waals surface area contributed by atoms with E-state index in [1.807, 2.05) is 27.7 Å². The van der Waals surface area contributed by atoms with Crippen molar-refractivity contribution in [1.82, 2.24) is 29.7 Å². The first kappa shape index (κ1) is 34.0. The fraction of sp³-hybridized carbons (Fsp3) is 0.731. The van der Waals surface area contributed by atoms with Crippen molar-refractivity contribution in [2.24, 2.45) is 11.8 Å². The Morgan fingerprint density at radius 3 is 2.16 bits per heavy atom. The second-order valence-corrected chi connectivity index (χ2v) is 14.1. The highest BCUT2D eigenvalue weighted by molar-refractivity contribution is 7.54. The fourth-order valence-electron chi connectivity index (χ4n) is 5.92. The number of imidazole rings is 1. The minimum absolute atomic E-state index is 0.00745. The van der Waals surface area contributed by atoms with E-state index in [0.717, 1.165) is 0 Å². The summed E-state index contributed by atoms with van der Waals surface area (Å²) >= 11 is 0. The second-order valence-electron chi connectivity index (χ2n) is 12.2. The predicted molar refractivity (Wildman–Crippen MR) is 156 cm³/mol. The summed E-state index contributed by atoms with van der Waals surface area (Å²) in [5.41, 5.74) is 1.98. The third kappa shape index (κ3) is 6.14. The van der Waals surface area contributed by atoms with Gasteiger partial charge < -0.3 is 39.2 Å². The van der Waals surface area contributed by atoms with Gasteiger partial charge in [0.05, 0.1) is 27.2 Å². The van der Waals surface area contributed by atoms with Crippen molar-refractivity contribution in [3.63, 3.8) is 0 Å². The van der Waals surface area contributed by atoms with E-state index in [0.29, 0.717) is 0 Å². The van der Waals surface area contributed by atoms with Crippen LogP contribution >= 0.6 is 7.67 Å². The molecule has 246 valence electrons. The Bertz CT molecular complexity index is 1460. The summed E-state index contributed by atoms with van der Waals surface area (Å²) in [7, 11) is -1.87. The van der Waals surface area contributed by atoms with E-state index < -0.39 is 73.3 Å². The Morgan fingerprint density at radius 1 is 1.16 bits per heavy atom. The Hall–Kier alpha value is -2.92. The van der Waals surface area contributed by atoms with E-state index in [4.69, 9.17) is 24.5 Å². The predicted octanol–water partition coefficient (Wildman–Crippen LogP) is -0.0147. The number of anilines is 1. The minimum Gasteiger partial charge on any atom is -0.468 e. The molecule has 2 fully saturated rings. The van der Waals surface area contributed by atoms with Crippen LogP contribution in [0.3, 0.4) is 0 Å². The molecule has 2 aromatic heterocycles. The zero-order valence-electron chi connectivity index (χ0n) is 25.8. The van der Waals surface area contributed by atoms with Gasteiger partial charge in [0.2, 0.25) is 5.95 Å². The van der Waals surface area contributed by atoms with Gasteiger partial charge in [-0.1, -0.05) is 27.7 Å². The van der Waals surface area contributed by atoms with Gasteiger partial charge in [-0.2, -0.15) is 4.98 Å². The number of fused-ring (bicyclic) bond motifs is 2. The van der Waals surface area contributed by atoms with Gasteiger partial charge in [-0.3, -0.25) is 23.9 Å². The van der Waals surface area contributed by atoms with E-state index in [1.165, 1.54) is 25.1 Å². The maximum Gasteiger partial charge on any atom is 0.342 e. The normalized spacial score (nSPS) is 28.9. The van der Waals surface area contributed by atoms with Crippen molar-refractivity contribution in [1.29, 1.82) is 0 Å². The van der Waals surface area contributed by atoms with E-state index in [-0.39, 0.29) is 41.8 Å². The number of nitrogen functional groups attached to an aromatic ring is 1. The zero-order valence-corrected chi connectivity index (χ0v) is 26.7. The number of nitrogens with zero attached hydrogens (tertiary/aromatic N) is 3. The molecule has 1 saturated heterocycles. The summed E-state index contributed by atoms with van der Waals surface area (Å²) < 4.78 is 37.4. The molecule has 1 aliphatic carbocycles. The van der Waals surface area contributed by atoms with Gasteiger partial charge in [-0.05, 0) is 31.6 Å². The number of aliphatic hydroxyl groups excluding tert-OH is 1. The van der Waals surface area contributed by atoms with Crippen molar-refractivity contribution < 1.29 is 43.1 Å². The SMILES string of the molecule is COC(=O)C(CC(C)C)NP(=O)(NC(CC(C)C)C(=O)OC)OC[C@H]1OC2(C)[C@@H](n3cnc4c(=O)[nH]c(N)nc43)C2(O)C1O. The van der Waals surface area contributed by atoms with Crippen molar-refractivity contribution in [2.75, 3.05) is 26.6 Å². The van der Waals surface area contributed by atoms with Gasteiger partial charge >= 0.3 is 19.6 Å². The highest BCUT2D eigenvalue weighted by Crippen LogP contribution is 2.67. The molecule has 3 heterocycles. The average molecular weight is 644 g/mol. The Balaban J connectivity index is 1.57. The summed E-state index contributed by atoms with van der Waals surface area (Å²) in [6.07, 6.45) is -0.973. The van der Waals surface area contributed by atoms with Crippen LogP contribution in [-0.2, 0) is 32.9 Å². The monoisotopic (exact) mass is 643 g/mol. The quantitative estimate of drug-likeness (QED) is 0.117. The van der Waals surface area contributed by atoms with E-state index in [9.17, 15) is 29.2 Å². The van der Waals surface area contributed by atoms with Gasteiger partial charge in [0.25, 0.3) is 5.56 Å². The Labute approximate surface area is 253 Å². The molecule has 17 nitrogen and oxygen atoms in total. The highest BCUT2D eigenvalue weighted by Gasteiger charge is 2.85. The van der Waals surface area contributed by atoms with Gasteiger partial charge in [0.15, 0.2) is 11.2 Å². The molecule has 7 N–H and O–H groups in total. The summed E-state index contributed by atoms with van der Waals surface area (Å²) in [4.78, 5) is 47.9. The van der Waals surface area contributed by atoms with E-state index in [2.05, 4.69) is 25.1 Å². The van der Waals surface area contributed by atoms with E-state index in [1.54, 1.807) is 6.92 Å². The topological polar surface area (TPSA) is 242 Å². The third-order valence-corrected chi connectivity index (χ3v) is 9.85. The smallest absolute Gasteiger partial charge is 0.342 e. The fourth-order valence-corrected chi connectivity index (χ4v) is 7.74. The molecule has 0 bridgehead atoms. The molecule has 1 saturated carbocycles. The summed E-state index contributed by atoms with van der Waals surface area (Å²) in [6, 6.07) is -3.03. The maximum absolute atomic E-state index is 14.3. The van der Waals surface area contributed by atoms with Gasteiger partial charge in [0, 0.05) is 0 Å². The lowest BCUT2D eigenvalue weighted by Crippen LogP contribution is -2.46. The minimum atomic E-state index is -4.26. The molecule has 44 heavy (non-hydrogen) atoms. The lowest BCUT2D eigenvalue weighted by Gasteiger charge is -2.31. The number of aromatic nitrogens is 4. The maximum atomic E-state index is 14.3. The van der Waals surface area contributed by atoms with Crippen molar-refractivity contribution in [3.05, 3.63) is 16.7 Å². The number of aliphatic hydroxyl groups is 2. The van der Waals surface area contributed by atoms with Crippen molar-refractivity contribution in [2.45, 2.75) is 89.0 Å². The summed E-state index contributed by atoms with van der Waals surface area (Å²) in [5, 5.41) is 28.2. The lowest BCUT2D eigenvalue weighted by molar-refractivity contribution is -0.143. The number of nitrogens with two attached hydrogens (primary N) is 1. The van der Waals surface area contributed by atoms with Crippen molar-refractivity contribution in [3.8, 4) is 0 Å². The summed E-state index contributed by atoms with van der Waals surface area (Å²) in [6.45, 7) is 8.51. The van der Waals surface area contributed by atoms with Gasteiger partial charge in [0.1, 0.15) is 41.5 Å². The number of hydrogen-bond donors (Lipinski definition) is 6.